The predicted octanol–water partition coefficient (Wildman–Crippen LogP) is 0.369. The fraction of sp³-hybridized carbons (Fsp3) is 0.800. The van der Waals surface area contributed by atoms with Crippen LogP contribution in [0.5, 0.6) is 0 Å². The molecule has 2 rings (SSSR count). The van der Waals surface area contributed by atoms with Gasteiger partial charge in [0.05, 0.1) is 6.17 Å². The third kappa shape index (κ3) is 1.71. The first-order valence-corrected chi connectivity index (χ1v) is 5.47. The molecule has 1 atom stereocenters. The number of amides is 3. The lowest BCUT2D eigenvalue weighted by molar-refractivity contribution is -0.127. The lowest BCUT2D eigenvalue weighted by Gasteiger charge is -2.24. The van der Waals surface area contributed by atoms with Gasteiger partial charge in [0.2, 0.25) is 0 Å². The first kappa shape index (κ1) is 10.4. The molecule has 84 valence electrons. The van der Waals surface area contributed by atoms with Crippen LogP contribution >= 0.6 is 0 Å². The Morgan fingerprint density at radius 1 is 1.40 bits per heavy atom. The van der Waals surface area contributed by atoms with Gasteiger partial charge in [-0.3, -0.25) is 10.1 Å². The summed E-state index contributed by atoms with van der Waals surface area (Å²) in [5.41, 5.74) is 0. The van der Waals surface area contributed by atoms with Gasteiger partial charge in [-0.15, -0.1) is 0 Å². The largest absolute Gasteiger partial charge is 0.328 e. The third-order valence-corrected chi connectivity index (χ3v) is 3.00. The van der Waals surface area contributed by atoms with E-state index in [2.05, 4.69) is 5.32 Å². The highest BCUT2D eigenvalue weighted by atomic mass is 16.2. The molecule has 0 aromatic heterocycles. The average molecular weight is 211 g/mol. The number of hydrogen-bond acceptors (Lipinski definition) is 3. The fourth-order valence-electron chi connectivity index (χ4n) is 2.13. The third-order valence-electron chi connectivity index (χ3n) is 3.00. The Morgan fingerprint density at radius 2 is 2.13 bits per heavy atom. The maximum Gasteiger partial charge on any atom is 0.328 e. The smallest absolute Gasteiger partial charge is 0.312 e. The summed E-state index contributed by atoms with van der Waals surface area (Å²) in [6, 6.07) is -0.0535. The molecule has 2 fully saturated rings. The molecular formula is C10H17N3O2. The van der Waals surface area contributed by atoms with Gasteiger partial charge in [0.1, 0.15) is 6.54 Å². The van der Waals surface area contributed by atoms with Crippen molar-refractivity contribution >= 4 is 11.9 Å². The Balaban J connectivity index is 2.12. The Morgan fingerprint density at radius 3 is 2.60 bits per heavy atom. The summed E-state index contributed by atoms with van der Waals surface area (Å²) < 4.78 is 0. The van der Waals surface area contributed by atoms with E-state index in [1.165, 1.54) is 4.90 Å². The van der Waals surface area contributed by atoms with Gasteiger partial charge in [0, 0.05) is 6.04 Å². The molecule has 0 bridgehead atoms. The van der Waals surface area contributed by atoms with Crippen molar-refractivity contribution in [3.8, 4) is 0 Å². The quantitative estimate of drug-likeness (QED) is 0.671. The number of urea groups is 1. The van der Waals surface area contributed by atoms with Crippen LogP contribution in [0.3, 0.4) is 0 Å². The van der Waals surface area contributed by atoms with Crippen LogP contribution in [0, 0.1) is 0 Å². The predicted molar refractivity (Wildman–Crippen MR) is 55.1 cm³/mol. The molecule has 0 radical (unpaired) electrons. The molecule has 2 saturated heterocycles. The van der Waals surface area contributed by atoms with E-state index in [0.29, 0.717) is 0 Å². The van der Waals surface area contributed by atoms with Crippen LogP contribution in [0.2, 0.25) is 0 Å². The van der Waals surface area contributed by atoms with Gasteiger partial charge < -0.3 is 4.90 Å². The molecule has 1 unspecified atom stereocenters. The zero-order valence-electron chi connectivity index (χ0n) is 9.19. The second kappa shape index (κ2) is 3.81. The summed E-state index contributed by atoms with van der Waals surface area (Å²) in [4.78, 5) is 26.6. The SMILES string of the molecule is CC(C)N1CC(=O)N(C2CCCN2)C1=O. The first-order chi connectivity index (χ1) is 7.11. The van der Waals surface area contributed by atoms with Crippen LogP contribution in [0.25, 0.3) is 0 Å². The molecule has 15 heavy (non-hydrogen) atoms. The summed E-state index contributed by atoms with van der Waals surface area (Å²) >= 11 is 0. The zero-order valence-corrected chi connectivity index (χ0v) is 9.19. The van der Waals surface area contributed by atoms with E-state index in [1.54, 1.807) is 4.90 Å². The standard InChI is InChI=1S/C10H17N3O2/c1-7(2)12-6-9(14)13(10(12)15)8-4-3-5-11-8/h7-8,11H,3-6H2,1-2H3. The lowest BCUT2D eigenvalue weighted by atomic mass is 10.3. The summed E-state index contributed by atoms with van der Waals surface area (Å²) in [5.74, 6) is -0.0758. The van der Waals surface area contributed by atoms with Gasteiger partial charge in [-0.1, -0.05) is 0 Å². The highest BCUT2D eigenvalue weighted by molar-refractivity contribution is 6.02. The van der Waals surface area contributed by atoms with E-state index < -0.39 is 0 Å². The number of imide groups is 1. The van der Waals surface area contributed by atoms with Gasteiger partial charge in [0.25, 0.3) is 5.91 Å². The number of carbonyl (C=O) groups is 2. The number of nitrogens with zero attached hydrogens (tertiary/aromatic N) is 2. The topological polar surface area (TPSA) is 52.7 Å². The van der Waals surface area contributed by atoms with Gasteiger partial charge in [-0.05, 0) is 33.2 Å². The van der Waals surface area contributed by atoms with Crippen LogP contribution < -0.4 is 5.32 Å². The number of hydrogen-bond donors (Lipinski definition) is 1. The minimum Gasteiger partial charge on any atom is -0.312 e. The number of carbonyl (C=O) groups excluding carboxylic acids is 2. The molecule has 0 aliphatic carbocycles. The molecule has 0 aromatic rings. The van der Waals surface area contributed by atoms with E-state index in [9.17, 15) is 9.59 Å². The minimum atomic E-state index is -0.144. The second-order valence-corrected chi connectivity index (χ2v) is 4.38. The molecule has 0 saturated carbocycles. The maximum absolute atomic E-state index is 11.9. The van der Waals surface area contributed by atoms with Crippen molar-refractivity contribution in [2.45, 2.75) is 38.9 Å². The Kier molecular flexibility index (Phi) is 2.65. The molecule has 0 aromatic carbocycles. The van der Waals surface area contributed by atoms with E-state index in [-0.39, 0.29) is 30.7 Å². The Bertz CT molecular complexity index is 284. The normalized spacial score (nSPS) is 27.3. The summed E-state index contributed by atoms with van der Waals surface area (Å²) in [6.45, 7) is 4.98. The molecule has 0 spiro atoms. The van der Waals surface area contributed by atoms with Gasteiger partial charge in [-0.25, -0.2) is 9.69 Å². The molecule has 5 heteroatoms. The van der Waals surface area contributed by atoms with Crippen LogP contribution in [-0.2, 0) is 4.79 Å². The molecule has 2 aliphatic heterocycles. The number of rotatable bonds is 2. The van der Waals surface area contributed by atoms with Crippen molar-refractivity contribution in [1.82, 2.24) is 15.1 Å². The van der Waals surface area contributed by atoms with Crippen LogP contribution in [-0.4, -0.2) is 47.0 Å². The molecular weight excluding hydrogens is 194 g/mol. The van der Waals surface area contributed by atoms with Crippen LogP contribution in [0.1, 0.15) is 26.7 Å². The van der Waals surface area contributed by atoms with E-state index in [1.807, 2.05) is 13.8 Å². The number of nitrogens with one attached hydrogen (secondary N) is 1. The maximum atomic E-state index is 11.9. The second-order valence-electron chi connectivity index (χ2n) is 4.38. The van der Waals surface area contributed by atoms with Crippen molar-refractivity contribution in [2.24, 2.45) is 0 Å². The van der Waals surface area contributed by atoms with Crippen molar-refractivity contribution in [3.63, 3.8) is 0 Å². The van der Waals surface area contributed by atoms with Gasteiger partial charge in [0.15, 0.2) is 0 Å². The molecule has 5 nitrogen and oxygen atoms in total. The molecule has 1 N–H and O–H groups in total. The van der Waals surface area contributed by atoms with E-state index in [4.69, 9.17) is 0 Å². The summed E-state index contributed by atoms with van der Waals surface area (Å²) in [6.07, 6.45) is 1.83. The van der Waals surface area contributed by atoms with Crippen molar-refractivity contribution in [2.75, 3.05) is 13.1 Å². The Hall–Kier alpha value is -1.10. The average Bonchev–Trinajstić information content (AvgIpc) is 2.73. The molecule has 3 amide bonds. The highest BCUT2D eigenvalue weighted by Gasteiger charge is 2.42. The van der Waals surface area contributed by atoms with Crippen LogP contribution in [0.4, 0.5) is 4.79 Å². The van der Waals surface area contributed by atoms with E-state index in [0.717, 1.165) is 19.4 Å². The van der Waals surface area contributed by atoms with Gasteiger partial charge in [-0.2, -0.15) is 0 Å². The minimum absolute atomic E-state index is 0.0752. The fourth-order valence-corrected chi connectivity index (χ4v) is 2.13. The van der Waals surface area contributed by atoms with E-state index >= 15 is 0 Å². The Labute approximate surface area is 89.4 Å². The van der Waals surface area contributed by atoms with Gasteiger partial charge >= 0.3 is 6.03 Å². The summed E-state index contributed by atoms with van der Waals surface area (Å²) in [5, 5.41) is 3.18. The molecule has 2 heterocycles. The van der Waals surface area contributed by atoms with Crippen molar-refractivity contribution < 1.29 is 9.59 Å². The van der Waals surface area contributed by atoms with Crippen molar-refractivity contribution in [1.29, 1.82) is 0 Å². The first-order valence-electron chi connectivity index (χ1n) is 5.47. The van der Waals surface area contributed by atoms with Crippen LogP contribution in [0.15, 0.2) is 0 Å². The highest BCUT2D eigenvalue weighted by Crippen LogP contribution is 2.20. The lowest BCUT2D eigenvalue weighted by Crippen LogP contribution is -2.47. The summed E-state index contributed by atoms with van der Waals surface area (Å²) in [7, 11) is 0. The van der Waals surface area contributed by atoms with Crippen molar-refractivity contribution in [3.05, 3.63) is 0 Å². The monoisotopic (exact) mass is 211 g/mol. The molecule has 2 aliphatic rings. The zero-order chi connectivity index (χ0) is 11.0.